The fourth-order valence-electron chi connectivity index (χ4n) is 2.95. The first-order valence-corrected chi connectivity index (χ1v) is 8.82. The molecule has 0 radical (unpaired) electrons. The van der Waals surface area contributed by atoms with E-state index in [0.717, 1.165) is 6.42 Å². The van der Waals surface area contributed by atoms with Crippen molar-refractivity contribution >= 4 is 24.0 Å². The van der Waals surface area contributed by atoms with Crippen LogP contribution >= 0.6 is 0 Å². The summed E-state index contributed by atoms with van der Waals surface area (Å²) in [6.07, 6.45) is 9.13. The molecule has 0 aliphatic heterocycles. The van der Waals surface area contributed by atoms with Crippen LogP contribution < -0.4 is 21.9 Å². The van der Waals surface area contributed by atoms with Crippen LogP contribution in [-0.2, 0) is 6.42 Å². The largest absolute Gasteiger partial charge is 1.00 e. The number of hydrogen-bond donors (Lipinski definition) is 0. The van der Waals surface area contributed by atoms with Crippen molar-refractivity contribution in [2.45, 2.75) is 6.42 Å². The van der Waals surface area contributed by atoms with Crippen LogP contribution in [0.3, 0.4) is 0 Å². The van der Waals surface area contributed by atoms with E-state index >= 15 is 0 Å². The lowest BCUT2D eigenvalue weighted by atomic mass is 10.0. The molecule has 2 nitrogen and oxygen atoms in total. The Labute approximate surface area is 168 Å². The number of hydrogen-bond acceptors (Lipinski definition) is 1. The summed E-state index contributed by atoms with van der Waals surface area (Å²) in [5.74, 6) is 0. The van der Waals surface area contributed by atoms with Crippen molar-refractivity contribution in [1.29, 1.82) is 0 Å². The normalized spacial score (nSPS) is 10.4. The molecule has 0 bridgehead atoms. The Morgan fingerprint density at radius 1 is 0.889 bits per heavy atom. The second kappa shape index (κ2) is 9.75. The van der Waals surface area contributed by atoms with E-state index in [0.29, 0.717) is 0 Å². The molecule has 0 amide bonds. The summed E-state index contributed by atoms with van der Waals surface area (Å²) in [7, 11) is 4.11. The van der Waals surface area contributed by atoms with Gasteiger partial charge in [0, 0.05) is 31.4 Å². The van der Waals surface area contributed by atoms with E-state index < -0.39 is 0 Å². The number of nitrogens with zero attached hydrogens (tertiary/aromatic N) is 2. The van der Waals surface area contributed by atoms with Gasteiger partial charge in [-0.3, -0.25) is 0 Å². The zero-order valence-corrected chi connectivity index (χ0v) is 16.6. The molecule has 0 aliphatic carbocycles. The van der Waals surface area contributed by atoms with E-state index in [1.54, 1.807) is 0 Å². The molecule has 138 valence electrons. The second-order valence-electron chi connectivity index (χ2n) is 6.48. The quantitative estimate of drug-likeness (QED) is 0.596. The van der Waals surface area contributed by atoms with E-state index in [2.05, 4.69) is 109 Å². The van der Waals surface area contributed by atoms with Crippen molar-refractivity contribution in [2.24, 2.45) is 0 Å². The summed E-state index contributed by atoms with van der Waals surface area (Å²) >= 11 is 0. The molecule has 2 aromatic carbocycles. The molecule has 0 N–H and O–H groups in total. The Hall–Kier alpha value is -2.84. The maximum absolute atomic E-state index is 3.95. The minimum atomic E-state index is 0. The molecular formula is C24H25ClN2. The Balaban J connectivity index is 0.00000261. The van der Waals surface area contributed by atoms with Crippen molar-refractivity contribution in [3.05, 3.63) is 102 Å². The molecule has 0 saturated heterocycles. The number of benzene rings is 2. The van der Waals surface area contributed by atoms with E-state index in [1.165, 1.54) is 28.1 Å². The molecule has 1 aromatic heterocycles. The fraction of sp³-hybridized carbons (Fsp3) is 0.125. The van der Waals surface area contributed by atoms with Crippen LogP contribution in [0.15, 0.2) is 79.5 Å². The minimum absolute atomic E-state index is 0. The average Bonchev–Trinajstić information content (AvgIpc) is 2.68. The maximum Gasteiger partial charge on any atom is 0.198 e. The highest BCUT2D eigenvalue weighted by atomic mass is 35.5. The smallest absolute Gasteiger partial charge is 0.198 e. The van der Waals surface area contributed by atoms with Gasteiger partial charge in [0.15, 0.2) is 18.1 Å². The lowest BCUT2D eigenvalue weighted by molar-refractivity contribution is -0.576. The number of aromatic nitrogens is 1. The van der Waals surface area contributed by atoms with Crippen molar-refractivity contribution in [3.63, 3.8) is 0 Å². The van der Waals surface area contributed by atoms with Gasteiger partial charge in [0.05, 0.1) is 6.42 Å². The average molecular weight is 377 g/mol. The van der Waals surface area contributed by atoms with Gasteiger partial charge in [-0.25, -0.2) is 0 Å². The Bertz CT molecular complexity index is 897. The molecule has 3 aromatic rings. The molecule has 0 saturated carbocycles. The van der Waals surface area contributed by atoms with Crippen molar-refractivity contribution in [1.82, 2.24) is 0 Å². The molecule has 1 heterocycles. The van der Waals surface area contributed by atoms with Gasteiger partial charge in [-0.1, -0.05) is 48.5 Å². The second-order valence-corrected chi connectivity index (χ2v) is 6.48. The zero-order valence-electron chi connectivity index (χ0n) is 15.8. The number of halogens is 1. The topological polar surface area (TPSA) is 7.12 Å². The molecule has 0 atom stereocenters. The summed E-state index contributed by atoms with van der Waals surface area (Å²) in [5, 5.41) is 0. The molecular weight excluding hydrogens is 352 g/mol. The predicted octanol–water partition coefficient (Wildman–Crippen LogP) is 1.91. The van der Waals surface area contributed by atoms with Gasteiger partial charge < -0.3 is 17.3 Å². The maximum atomic E-state index is 3.95. The summed E-state index contributed by atoms with van der Waals surface area (Å²) in [6, 6.07) is 23.3. The highest BCUT2D eigenvalue weighted by molar-refractivity contribution is 5.71. The highest BCUT2D eigenvalue weighted by Gasteiger charge is 2.13. The zero-order chi connectivity index (χ0) is 18.4. The molecule has 0 aliphatic rings. The van der Waals surface area contributed by atoms with Crippen LogP contribution in [-0.4, -0.2) is 14.1 Å². The van der Waals surface area contributed by atoms with Gasteiger partial charge in [0.1, 0.15) is 0 Å². The standard InChI is InChI=1S/C24H25N2.ClH/c1-4-26-18-8-11-22(24(26)19-21-9-6-5-7-10-21)15-12-20-13-16-23(17-14-20)25(2)3;/h4-18H,1,19H2,2-3H3;1H/q+1;/p-1. The first-order chi connectivity index (χ1) is 12.7. The highest BCUT2D eigenvalue weighted by Crippen LogP contribution is 2.17. The Kier molecular flexibility index (Phi) is 7.39. The lowest BCUT2D eigenvalue weighted by Crippen LogP contribution is -3.00. The molecule has 0 spiro atoms. The van der Waals surface area contributed by atoms with Crippen LogP contribution in [0.4, 0.5) is 5.69 Å². The molecule has 0 unspecified atom stereocenters. The Morgan fingerprint density at radius 2 is 1.59 bits per heavy atom. The summed E-state index contributed by atoms with van der Waals surface area (Å²) in [4.78, 5) is 2.11. The van der Waals surface area contributed by atoms with Crippen LogP contribution in [0.2, 0.25) is 0 Å². The first kappa shape index (κ1) is 20.5. The van der Waals surface area contributed by atoms with Gasteiger partial charge in [0.25, 0.3) is 0 Å². The summed E-state index contributed by atoms with van der Waals surface area (Å²) in [6.45, 7) is 3.95. The Morgan fingerprint density at radius 3 is 2.22 bits per heavy atom. The SMILES string of the molecule is C=C[n+]1cccc(C=Cc2ccc(N(C)C)cc2)c1Cc1ccccc1.[Cl-]. The van der Waals surface area contributed by atoms with Gasteiger partial charge in [-0.05, 0) is 42.0 Å². The first-order valence-electron chi connectivity index (χ1n) is 8.82. The van der Waals surface area contributed by atoms with E-state index in [4.69, 9.17) is 0 Å². The van der Waals surface area contributed by atoms with Crippen LogP contribution in [0.1, 0.15) is 22.4 Å². The molecule has 27 heavy (non-hydrogen) atoms. The minimum Gasteiger partial charge on any atom is -1.00 e. The van der Waals surface area contributed by atoms with Crippen molar-refractivity contribution in [3.8, 4) is 0 Å². The van der Waals surface area contributed by atoms with Gasteiger partial charge in [0.2, 0.25) is 0 Å². The van der Waals surface area contributed by atoms with Gasteiger partial charge in [-0.2, -0.15) is 4.57 Å². The van der Waals surface area contributed by atoms with Crippen molar-refractivity contribution < 1.29 is 17.0 Å². The van der Waals surface area contributed by atoms with E-state index in [-0.39, 0.29) is 12.4 Å². The summed E-state index contributed by atoms with van der Waals surface area (Å²) < 4.78 is 2.10. The van der Waals surface area contributed by atoms with E-state index in [9.17, 15) is 0 Å². The molecule has 3 rings (SSSR count). The van der Waals surface area contributed by atoms with Crippen molar-refractivity contribution in [2.75, 3.05) is 19.0 Å². The lowest BCUT2D eigenvalue weighted by Gasteiger charge is -2.11. The van der Waals surface area contributed by atoms with Crippen LogP contribution in [0, 0.1) is 0 Å². The third-order valence-electron chi connectivity index (χ3n) is 4.44. The van der Waals surface area contributed by atoms with Crippen LogP contribution in [0.5, 0.6) is 0 Å². The third-order valence-corrected chi connectivity index (χ3v) is 4.44. The monoisotopic (exact) mass is 376 g/mol. The molecule has 3 heteroatoms. The number of pyridine rings is 1. The van der Waals surface area contributed by atoms with E-state index in [1.807, 2.05) is 12.3 Å². The van der Waals surface area contributed by atoms with Crippen LogP contribution in [0.25, 0.3) is 18.4 Å². The number of anilines is 1. The fourth-order valence-corrected chi connectivity index (χ4v) is 2.95. The summed E-state index contributed by atoms with van der Waals surface area (Å²) in [5.41, 5.74) is 6.12. The third kappa shape index (κ3) is 5.32. The number of rotatable bonds is 6. The predicted molar refractivity (Wildman–Crippen MR) is 112 cm³/mol. The van der Waals surface area contributed by atoms with Gasteiger partial charge >= 0.3 is 0 Å². The molecule has 0 fully saturated rings. The van der Waals surface area contributed by atoms with Gasteiger partial charge in [-0.15, -0.1) is 0 Å².